The van der Waals surface area contributed by atoms with Gasteiger partial charge in [0.15, 0.2) is 0 Å². The van der Waals surface area contributed by atoms with Gasteiger partial charge in [0.2, 0.25) is 0 Å². The number of hydrogen-bond acceptors (Lipinski definition) is 5. The van der Waals surface area contributed by atoms with Crippen LogP contribution in [0.25, 0.3) is 0 Å². The second-order valence-electron chi connectivity index (χ2n) is 8.42. The Bertz CT molecular complexity index is 760. The summed E-state index contributed by atoms with van der Waals surface area (Å²) < 4.78 is 5.79. The maximum Gasteiger partial charge on any atom is 0.123 e. The summed E-state index contributed by atoms with van der Waals surface area (Å²) in [4.78, 5) is 7.44. The first-order chi connectivity index (χ1) is 14.8. The Morgan fingerprint density at radius 2 is 1.83 bits per heavy atom. The Labute approximate surface area is 185 Å². The van der Waals surface area contributed by atoms with Crippen LogP contribution in [0.4, 0.5) is 0 Å². The quantitative estimate of drug-likeness (QED) is 0.626. The number of hydrogen-bond donors (Lipinski definition) is 1. The number of ether oxygens (including phenoxy) is 1. The van der Waals surface area contributed by atoms with Crippen LogP contribution in [0.1, 0.15) is 61.1 Å². The van der Waals surface area contributed by atoms with Crippen LogP contribution in [0.15, 0.2) is 48.7 Å². The van der Waals surface area contributed by atoms with E-state index in [1.54, 1.807) is 7.11 Å². The first-order valence-electron chi connectivity index (χ1n) is 11.5. The molecule has 0 radical (unpaired) electrons. The molecule has 0 bridgehead atoms. The van der Waals surface area contributed by atoms with Crippen LogP contribution in [0, 0.1) is 0 Å². The highest BCUT2D eigenvalue weighted by Crippen LogP contribution is 2.45. The molecule has 1 saturated carbocycles. The molecule has 5 heteroatoms. The molecule has 1 saturated heterocycles. The minimum absolute atomic E-state index is 0.339. The highest BCUT2D eigenvalue weighted by atomic mass is 32.2. The molecule has 0 amide bonds. The first kappa shape index (κ1) is 21.7. The number of piperazine rings is 1. The zero-order valence-electron chi connectivity index (χ0n) is 18.1. The fourth-order valence-electron chi connectivity index (χ4n) is 4.86. The van der Waals surface area contributed by atoms with Crippen molar-refractivity contribution in [2.75, 3.05) is 33.3 Å². The average Bonchev–Trinajstić information content (AvgIpc) is 2.83. The van der Waals surface area contributed by atoms with Gasteiger partial charge in [0.05, 0.1) is 12.8 Å². The number of methoxy groups -OCH3 is 1. The molecular weight excluding hydrogens is 390 g/mol. The van der Waals surface area contributed by atoms with Crippen LogP contribution in [0.3, 0.4) is 0 Å². The molecule has 2 unspecified atom stereocenters. The minimum atomic E-state index is 0.339. The second kappa shape index (κ2) is 11.2. The van der Waals surface area contributed by atoms with Crippen molar-refractivity contribution in [3.63, 3.8) is 0 Å². The van der Waals surface area contributed by atoms with Crippen molar-refractivity contribution >= 4 is 11.8 Å². The Kier molecular flexibility index (Phi) is 8.07. The molecule has 2 heterocycles. The van der Waals surface area contributed by atoms with Gasteiger partial charge in [-0.25, -0.2) is 0 Å². The Morgan fingerprint density at radius 3 is 2.57 bits per heavy atom. The molecule has 2 fully saturated rings. The van der Waals surface area contributed by atoms with E-state index < -0.39 is 0 Å². The van der Waals surface area contributed by atoms with Crippen LogP contribution >= 0.6 is 11.8 Å². The predicted molar refractivity (Wildman–Crippen MR) is 126 cm³/mol. The standard InChI is InChI=1S/C25H35N3OS/c1-29-24-13-6-5-11-21(24)23(28-17-15-26-16-18-28)19-25(22-12-7-8-14-27-22)30-20-9-3-2-4-10-20/h5-8,11-14,20,23,25-26H,2-4,9-10,15-19H2,1H3. The summed E-state index contributed by atoms with van der Waals surface area (Å²) in [5, 5.41) is 4.67. The Balaban J connectivity index is 1.62. The van der Waals surface area contributed by atoms with Crippen LogP contribution < -0.4 is 10.1 Å². The first-order valence-corrected chi connectivity index (χ1v) is 12.4. The summed E-state index contributed by atoms with van der Waals surface area (Å²) in [5.74, 6) is 1.00. The summed E-state index contributed by atoms with van der Waals surface area (Å²) in [6, 6.07) is 15.3. The van der Waals surface area contributed by atoms with E-state index in [-0.39, 0.29) is 0 Å². The van der Waals surface area contributed by atoms with E-state index in [2.05, 4.69) is 58.4 Å². The van der Waals surface area contributed by atoms with E-state index in [9.17, 15) is 0 Å². The average molecular weight is 426 g/mol. The number of para-hydroxylation sites is 1. The zero-order chi connectivity index (χ0) is 20.6. The number of nitrogens with zero attached hydrogens (tertiary/aromatic N) is 2. The summed E-state index contributed by atoms with van der Waals surface area (Å²) in [6.07, 6.45) is 9.86. The molecule has 30 heavy (non-hydrogen) atoms. The van der Waals surface area contributed by atoms with Crippen LogP contribution in [-0.4, -0.2) is 48.4 Å². The van der Waals surface area contributed by atoms with Crippen LogP contribution in [0.2, 0.25) is 0 Å². The fourth-order valence-corrected chi connectivity index (χ4v) is 6.50. The third kappa shape index (κ3) is 5.57. The molecule has 4 nitrogen and oxygen atoms in total. The zero-order valence-corrected chi connectivity index (χ0v) is 18.9. The summed E-state index contributed by atoms with van der Waals surface area (Å²) in [6.45, 7) is 4.25. The number of nitrogens with one attached hydrogen (secondary N) is 1. The number of rotatable bonds is 8. The van der Waals surface area contributed by atoms with Crippen LogP contribution in [-0.2, 0) is 0 Å². The number of benzene rings is 1. The van der Waals surface area contributed by atoms with Gasteiger partial charge in [-0.1, -0.05) is 43.5 Å². The van der Waals surface area contributed by atoms with Crippen molar-refractivity contribution < 1.29 is 4.74 Å². The molecule has 162 valence electrons. The molecule has 1 aliphatic heterocycles. The van der Waals surface area contributed by atoms with Gasteiger partial charge in [0.25, 0.3) is 0 Å². The Morgan fingerprint density at radius 1 is 1.07 bits per heavy atom. The van der Waals surface area contributed by atoms with Crippen molar-refractivity contribution in [1.29, 1.82) is 0 Å². The molecule has 1 aliphatic carbocycles. The van der Waals surface area contributed by atoms with Crippen molar-refractivity contribution in [3.05, 3.63) is 59.9 Å². The van der Waals surface area contributed by atoms with Crippen molar-refractivity contribution in [3.8, 4) is 5.75 Å². The van der Waals surface area contributed by atoms with Gasteiger partial charge in [-0.2, -0.15) is 0 Å². The molecule has 1 aromatic heterocycles. The summed E-state index contributed by atoms with van der Waals surface area (Å²) in [5.41, 5.74) is 2.54. The molecular formula is C25H35N3OS. The smallest absolute Gasteiger partial charge is 0.123 e. The molecule has 1 N–H and O–H groups in total. The number of thioether (sulfide) groups is 1. The van der Waals surface area contributed by atoms with Crippen LogP contribution in [0.5, 0.6) is 5.75 Å². The van der Waals surface area contributed by atoms with Gasteiger partial charge in [-0.15, -0.1) is 11.8 Å². The third-order valence-electron chi connectivity index (χ3n) is 6.45. The monoisotopic (exact) mass is 425 g/mol. The van der Waals surface area contributed by atoms with Gasteiger partial charge in [0.1, 0.15) is 5.75 Å². The number of aromatic nitrogens is 1. The van der Waals surface area contributed by atoms with E-state index in [1.807, 2.05) is 12.3 Å². The lowest BCUT2D eigenvalue weighted by atomic mass is 9.97. The largest absolute Gasteiger partial charge is 0.496 e. The van der Waals surface area contributed by atoms with Gasteiger partial charge < -0.3 is 10.1 Å². The van der Waals surface area contributed by atoms with Gasteiger partial charge in [-0.05, 0) is 37.5 Å². The maximum absolute atomic E-state index is 5.79. The van der Waals surface area contributed by atoms with E-state index in [1.165, 1.54) is 43.4 Å². The van der Waals surface area contributed by atoms with Crippen molar-refractivity contribution in [1.82, 2.24) is 15.2 Å². The fraction of sp³-hybridized carbons (Fsp3) is 0.560. The van der Waals surface area contributed by atoms with E-state index in [0.717, 1.165) is 43.6 Å². The molecule has 2 aliphatic rings. The van der Waals surface area contributed by atoms with E-state index in [4.69, 9.17) is 9.72 Å². The highest BCUT2D eigenvalue weighted by Gasteiger charge is 2.30. The highest BCUT2D eigenvalue weighted by molar-refractivity contribution is 8.00. The van der Waals surface area contributed by atoms with Gasteiger partial charge in [0, 0.05) is 54.5 Å². The predicted octanol–water partition coefficient (Wildman–Crippen LogP) is 5.23. The number of pyridine rings is 1. The van der Waals surface area contributed by atoms with E-state index >= 15 is 0 Å². The lowest BCUT2D eigenvalue weighted by Crippen LogP contribution is -2.45. The van der Waals surface area contributed by atoms with Crippen molar-refractivity contribution in [2.24, 2.45) is 0 Å². The SMILES string of the molecule is COc1ccccc1C(CC(SC1CCCCC1)c1ccccn1)N1CCNCC1. The topological polar surface area (TPSA) is 37.4 Å². The second-order valence-corrected chi connectivity index (χ2v) is 9.93. The van der Waals surface area contributed by atoms with E-state index in [0.29, 0.717) is 11.3 Å². The molecule has 4 rings (SSSR count). The Hall–Kier alpha value is -1.56. The third-order valence-corrected chi connectivity index (χ3v) is 8.07. The lowest BCUT2D eigenvalue weighted by molar-refractivity contribution is 0.162. The summed E-state index contributed by atoms with van der Waals surface area (Å²) in [7, 11) is 1.79. The molecule has 1 aromatic carbocycles. The minimum Gasteiger partial charge on any atom is -0.496 e. The van der Waals surface area contributed by atoms with Gasteiger partial charge in [-0.3, -0.25) is 9.88 Å². The summed E-state index contributed by atoms with van der Waals surface area (Å²) >= 11 is 2.17. The molecule has 0 spiro atoms. The molecule has 2 aromatic rings. The lowest BCUT2D eigenvalue weighted by Gasteiger charge is -2.38. The normalized spacial score (nSPS) is 20.6. The van der Waals surface area contributed by atoms with Crippen molar-refractivity contribution in [2.45, 2.75) is 55.1 Å². The van der Waals surface area contributed by atoms with Gasteiger partial charge >= 0.3 is 0 Å². The molecule has 2 atom stereocenters. The maximum atomic E-state index is 5.79.